The van der Waals surface area contributed by atoms with Gasteiger partial charge in [0, 0.05) is 22.5 Å². The maximum atomic E-state index is 12.3. The summed E-state index contributed by atoms with van der Waals surface area (Å²) in [7, 11) is 3.20. The summed E-state index contributed by atoms with van der Waals surface area (Å²) in [6.45, 7) is 0.502. The maximum Gasteiger partial charge on any atom is 0.270 e. The Morgan fingerprint density at radius 2 is 1.85 bits per heavy atom. The smallest absolute Gasteiger partial charge is 0.270 e. The standard InChI is InChI=1S/C20H19ClN2O3S/c1-25-17-8-3-13(11-18(17)26-2)9-10-22-19(24)16-12-27-20(23-16)14-4-6-15(21)7-5-14/h3-8,11-12H,9-10H2,1-2H3,(H,22,24). The fraction of sp³-hybridized carbons (Fsp3) is 0.200. The summed E-state index contributed by atoms with van der Waals surface area (Å²) in [6.07, 6.45) is 0.681. The van der Waals surface area contributed by atoms with Crippen molar-refractivity contribution in [1.82, 2.24) is 10.3 Å². The van der Waals surface area contributed by atoms with Crippen molar-refractivity contribution in [2.24, 2.45) is 0 Å². The van der Waals surface area contributed by atoms with Crippen LogP contribution >= 0.6 is 22.9 Å². The summed E-state index contributed by atoms with van der Waals surface area (Å²) in [4.78, 5) is 16.7. The van der Waals surface area contributed by atoms with Crippen LogP contribution < -0.4 is 14.8 Å². The van der Waals surface area contributed by atoms with Crippen molar-refractivity contribution in [3.63, 3.8) is 0 Å². The topological polar surface area (TPSA) is 60.5 Å². The molecule has 0 aliphatic heterocycles. The highest BCUT2D eigenvalue weighted by atomic mass is 35.5. The number of nitrogens with one attached hydrogen (secondary N) is 1. The van der Waals surface area contributed by atoms with Gasteiger partial charge >= 0.3 is 0 Å². The van der Waals surface area contributed by atoms with Crippen molar-refractivity contribution in [2.45, 2.75) is 6.42 Å². The molecule has 5 nitrogen and oxygen atoms in total. The number of carbonyl (C=O) groups excluding carboxylic acids is 1. The van der Waals surface area contributed by atoms with E-state index in [1.807, 2.05) is 30.3 Å². The molecule has 0 fully saturated rings. The fourth-order valence-corrected chi connectivity index (χ4v) is 3.48. The lowest BCUT2D eigenvalue weighted by molar-refractivity contribution is 0.0950. The predicted molar refractivity (Wildman–Crippen MR) is 108 cm³/mol. The number of amides is 1. The zero-order valence-corrected chi connectivity index (χ0v) is 16.6. The number of hydrogen-bond acceptors (Lipinski definition) is 5. The number of thiazole rings is 1. The van der Waals surface area contributed by atoms with Gasteiger partial charge in [0.2, 0.25) is 0 Å². The third-order valence-corrected chi connectivity index (χ3v) is 5.12. The molecule has 0 aliphatic carbocycles. The molecule has 0 radical (unpaired) electrons. The van der Waals surface area contributed by atoms with Crippen LogP contribution in [-0.2, 0) is 6.42 Å². The average molecular weight is 403 g/mol. The van der Waals surface area contributed by atoms with Crippen LogP contribution in [0.4, 0.5) is 0 Å². The molecule has 1 heterocycles. The van der Waals surface area contributed by atoms with Crippen LogP contribution in [0.5, 0.6) is 11.5 Å². The van der Waals surface area contributed by atoms with Crippen LogP contribution in [0.25, 0.3) is 10.6 Å². The van der Waals surface area contributed by atoms with Crippen LogP contribution in [0.1, 0.15) is 16.1 Å². The van der Waals surface area contributed by atoms with E-state index in [0.717, 1.165) is 16.1 Å². The molecule has 7 heteroatoms. The number of benzene rings is 2. The Morgan fingerprint density at radius 3 is 2.56 bits per heavy atom. The van der Waals surface area contributed by atoms with Crippen LogP contribution in [0, 0.1) is 0 Å². The van der Waals surface area contributed by atoms with E-state index in [2.05, 4.69) is 10.3 Å². The highest BCUT2D eigenvalue weighted by molar-refractivity contribution is 7.13. The van der Waals surface area contributed by atoms with Crippen molar-refractivity contribution in [3.8, 4) is 22.1 Å². The van der Waals surface area contributed by atoms with Crippen LogP contribution in [-0.4, -0.2) is 31.7 Å². The van der Waals surface area contributed by atoms with Crippen LogP contribution in [0.3, 0.4) is 0 Å². The van der Waals surface area contributed by atoms with Crippen molar-refractivity contribution < 1.29 is 14.3 Å². The molecule has 0 atom stereocenters. The molecule has 0 spiro atoms. The first-order valence-corrected chi connectivity index (χ1v) is 9.57. The Morgan fingerprint density at radius 1 is 1.11 bits per heavy atom. The Balaban J connectivity index is 1.58. The summed E-state index contributed by atoms with van der Waals surface area (Å²) >= 11 is 7.33. The summed E-state index contributed by atoms with van der Waals surface area (Å²) in [5.41, 5.74) is 2.40. The molecule has 0 aliphatic rings. The van der Waals surface area contributed by atoms with Gasteiger partial charge in [-0.15, -0.1) is 11.3 Å². The molecule has 0 saturated carbocycles. The van der Waals surface area contributed by atoms with E-state index in [1.54, 1.807) is 31.7 Å². The molecule has 27 heavy (non-hydrogen) atoms. The number of nitrogens with zero attached hydrogens (tertiary/aromatic N) is 1. The average Bonchev–Trinajstić information content (AvgIpc) is 3.18. The normalized spacial score (nSPS) is 10.5. The molecule has 1 amide bonds. The van der Waals surface area contributed by atoms with Gasteiger partial charge in [-0.1, -0.05) is 29.8 Å². The first kappa shape index (κ1) is 19.2. The molecule has 140 valence electrons. The van der Waals surface area contributed by atoms with Gasteiger partial charge in [-0.05, 0) is 36.2 Å². The summed E-state index contributed by atoms with van der Waals surface area (Å²) in [5, 5.41) is 6.12. The molecule has 0 bridgehead atoms. The second-order valence-corrected chi connectivity index (χ2v) is 7.03. The molecule has 2 aromatic carbocycles. The van der Waals surface area contributed by atoms with Gasteiger partial charge in [0.05, 0.1) is 14.2 Å². The quantitative estimate of drug-likeness (QED) is 0.634. The molecular weight excluding hydrogens is 384 g/mol. The molecule has 3 rings (SSSR count). The number of rotatable bonds is 7. The van der Waals surface area contributed by atoms with E-state index in [-0.39, 0.29) is 5.91 Å². The number of hydrogen-bond donors (Lipinski definition) is 1. The fourth-order valence-electron chi connectivity index (χ4n) is 2.55. The second-order valence-electron chi connectivity index (χ2n) is 5.74. The highest BCUT2D eigenvalue weighted by Crippen LogP contribution is 2.28. The Kier molecular flexibility index (Phi) is 6.32. The molecule has 1 aromatic heterocycles. The summed E-state index contributed by atoms with van der Waals surface area (Å²) < 4.78 is 10.5. The van der Waals surface area contributed by atoms with Gasteiger partial charge in [0.15, 0.2) is 11.5 Å². The van der Waals surface area contributed by atoms with Gasteiger partial charge in [-0.3, -0.25) is 4.79 Å². The number of ether oxygens (including phenoxy) is 2. The lowest BCUT2D eigenvalue weighted by Crippen LogP contribution is -2.25. The first-order chi connectivity index (χ1) is 13.1. The Labute approximate surface area is 166 Å². The Hall–Kier alpha value is -2.57. The van der Waals surface area contributed by atoms with Gasteiger partial charge < -0.3 is 14.8 Å². The maximum absolute atomic E-state index is 12.3. The minimum atomic E-state index is -0.188. The highest BCUT2D eigenvalue weighted by Gasteiger charge is 2.12. The molecular formula is C20H19ClN2O3S. The molecule has 0 saturated heterocycles. The SMILES string of the molecule is COc1ccc(CCNC(=O)c2csc(-c3ccc(Cl)cc3)n2)cc1OC. The van der Waals surface area contributed by atoms with E-state index in [4.69, 9.17) is 21.1 Å². The van der Waals surface area contributed by atoms with Gasteiger partial charge in [0.25, 0.3) is 5.91 Å². The molecule has 1 N–H and O–H groups in total. The van der Waals surface area contributed by atoms with E-state index in [1.165, 1.54) is 11.3 Å². The minimum Gasteiger partial charge on any atom is -0.493 e. The number of aromatic nitrogens is 1. The summed E-state index contributed by atoms with van der Waals surface area (Å²) in [5.74, 6) is 1.17. The van der Waals surface area contributed by atoms with E-state index >= 15 is 0 Å². The van der Waals surface area contributed by atoms with Crippen LogP contribution in [0.15, 0.2) is 47.8 Å². The largest absolute Gasteiger partial charge is 0.493 e. The third kappa shape index (κ3) is 4.78. The van der Waals surface area contributed by atoms with Crippen molar-refractivity contribution >= 4 is 28.8 Å². The lowest BCUT2D eigenvalue weighted by Gasteiger charge is -2.09. The second kappa shape index (κ2) is 8.88. The number of carbonyl (C=O) groups is 1. The lowest BCUT2D eigenvalue weighted by atomic mass is 10.1. The van der Waals surface area contributed by atoms with Gasteiger partial charge in [0.1, 0.15) is 10.7 Å². The number of halogens is 1. The van der Waals surface area contributed by atoms with E-state index in [0.29, 0.717) is 35.2 Å². The molecule has 3 aromatic rings. The zero-order chi connectivity index (χ0) is 19.2. The van der Waals surface area contributed by atoms with Gasteiger partial charge in [-0.25, -0.2) is 4.98 Å². The van der Waals surface area contributed by atoms with E-state index in [9.17, 15) is 4.79 Å². The van der Waals surface area contributed by atoms with Crippen LogP contribution in [0.2, 0.25) is 5.02 Å². The monoisotopic (exact) mass is 402 g/mol. The van der Waals surface area contributed by atoms with Gasteiger partial charge in [-0.2, -0.15) is 0 Å². The third-order valence-electron chi connectivity index (χ3n) is 3.98. The van der Waals surface area contributed by atoms with Crippen molar-refractivity contribution in [2.75, 3.05) is 20.8 Å². The van der Waals surface area contributed by atoms with Crippen molar-refractivity contribution in [1.29, 1.82) is 0 Å². The van der Waals surface area contributed by atoms with E-state index < -0.39 is 0 Å². The minimum absolute atomic E-state index is 0.188. The predicted octanol–water partition coefficient (Wildman–Crippen LogP) is 4.45. The number of methoxy groups -OCH3 is 2. The van der Waals surface area contributed by atoms with Crippen molar-refractivity contribution in [3.05, 3.63) is 64.1 Å². The first-order valence-electron chi connectivity index (χ1n) is 8.31. The zero-order valence-electron chi connectivity index (χ0n) is 15.0. The summed E-state index contributed by atoms with van der Waals surface area (Å²) in [6, 6.07) is 13.1. The Bertz CT molecular complexity index is 925. The molecule has 0 unspecified atom stereocenters.